The summed E-state index contributed by atoms with van der Waals surface area (Å²) >= 11 is 3.22. The van der Waals surface area contributed by atoms with Gasteiger partial charge in [-0.2, -0.15) is 5.26 Å². The Balaban J connectivity index is 2.26. The van der Waals surface area contributed by atoms with Crippen molar-refractivity contribution in [2.75, 3.05) is 0 Å². The Labute approximate surface area is 110 Å². The molecule has 0 amide bonds. The second kappa shape index (κ2) is 4.83. The van der Waals surface area contributed by atoms with Crippen LogP contribution in [0.1, 0.15) is 44.5 Å². The second-order valence-corrected chi connectivity index (χ2v) is 5.80. The van der Waals surface area contributed by atoms with Gasteiger partial charge in [-0.25, -0.2) is 0 Å². The van der Waals surface area contributed by atoms with Crippen LogP contribution in [0.5, 0.6) is 0 Å². The maximum Gasteiger partial charge on any atom is 0.169 e. The molecule has 0 aliphatic heterocycles. The monoisotopic (exact) mass is 297 g/mol. The Morgan fingerprint density at radius 1 is 1.65 bits per heavy atom. The fourth-order valence-electron chi connectivity index (χ4n) is 2.75. The summed E-state index contributed by atoms with van der Waals surface area (Å²) in [7, 11) is 0. The average Bonchev–Trinajstić information content (AvgIpc) is 2.74. The summed E-state index contributed by atoms with van der Waals surface area (Å²) in [5.41, 5.74) is -0.686. The Morgan fingerprint density at radius 2 is 2.41 bits per heavy atom. The van der Waals surface area contributed by atoms with Crippen LogP contribution in [0.25, 0.3) is 0 Å². The lowest BCUT2D eigenvalue weighted by atomic mass is 9.67. The van der Waals surface area contributed by atoms with Crippen LogP contribution in [-0.2, 0) is 0 Å². The van der Waals surface area contributed by atoms with Crippen LogP contribution < -0.4 is 0 Å². The SMILES string of the molecule is CC1CCCC(C#N)(C(O)c2ccc(Br)o2)C1. The molecule has 2 rings (SSSR count). The minimum absolute atomic E-state index is 0.479. The molecule has 1 aliphatic rings. The van der Waals surface area contributed by atoms with E-state index in [1.807, 2.05) is 0 Å². The molecule has 1 fully saturated rings. The molecule has 0 bridgehead atoms. The standard InChI is InChI=1S/C13H16BrNO2/c1-9-3-2-6-13(7-9,8-15)12(16)10-4-5-11(14)17-10/h4-5,9,12,16H,2-3,6-7H2,1H3. The van der Waals surface area contributed by atoms with E-state index in [4.69, 9.17) is 4.42 Å². The summed E-state index contributed by atoms with van der Waals surface area (Å²) in [6.45, 7) is 2.13. The van der Waals surface area contributed by atoms with E-state index in [0.717, 1.165) is 25.7 Å². The van der Waals surface area contributed by atoms with Gasteiger partial charge in [0, 0.05) is 0 Å². The third-order valence-electron chi connectivity index (χ3n) is 3.64. The van der Waals surface area contributed by atoms with Gasteiger partial charge in [-0.05, 0) is 46.8 Å². The Hall–Kier alpha value is -0.790. The molecule has 3 atom stereocenters. The number of halogens is 1. The number of rotatable bonds is 2. The summed E-state index contributed by atoms with van der Waals surface area (Å²) in [6.07, 6.45) is 2.78. The second-order valence-electron chi connectivity index (χ2n) is 5.01. The lowest BCUT2D eigenvalue weighted by Gasteiger charge is -2.37. The van der Waals surface area contributed by atoms with Crippen molar-refractivity contribution < 1.29 is 9.52 Å². The normalized spacial score (nSPS) is 30.8. The zero-order valence-corrected chi connectivity index (χ0v) is 11.4. The van der Waals surface area contributed by atoms with Gasteiger partial charge in [0.15, 0.2) is 4.67 Å². The van der Waals surface area contributed by atoms with E-state index >= 15 is 0 Å². The van der Waals surface area contributed by atoms with Gasteiger partial charge in [0.1, 0.15) is 11.9 Å². The molecule has 0 radical (unpaired) electrons. The molecule has 1 heterocycles. The molecule has 0 spiro atoms. The highest BCUT2D eigenvalue weighted by atomic mass is 79.9. The summed E-state index contributed by atoms with van der Waals surface area (Å²) in [6, 6.07) is 5.81. The zero-order chi connectivity index (χ0) is 12.5. The van der Waals surface area contributed by atoms with Crippen molar-refractivity contribution >= 4 is 15.9 Å². The summed E-state index contributed by atoms with van der Waals surface area (Å²) < 4.78 is 5.96. The maximum atomic E-state index is 10.4. The number of nitriles is 1. The van der Waals surface area contributed by atoms with Gasteiger partial charge in [-0.3, -0.25) is 0 Å². The number of aliphatic hydroxyl groups is 1. The molecule has 1 aromatic heterocycles. The molecule has 4 heteroatoms. The van der Waals surface area contributed by atoms with Crippen LogP contribution in [-0.4, -0.2) is 5.11 Å². The van der Waals surface area contributed by atoms with E-state index in [0.29, 0.717) is 16.3 Å². The van der Waals surface area contributed by atoms with Crippen molar-refractivity contribution in [1.82, 2.24) is 0 Å². The van der Waals surface area contributed by atoms with Gasteiger partial charge in [0.05, 0.1) is 11.5 Å². The Kier molecular flexibility index (Phi) is 3.60. The van der Waals surface area contributed by atoms with Crippen LogP contribution in [0.2, 0.25) is 0 Å². The van der Waals surface area contributed by atoms with E-state index < -0.39 is 11.5 Å². The third kappa shape index (κ3) is 2.41. The van der Waals surface area contributed by atoms with Gasteiger partial charge in [-0.15, -0.1) is 0 Å². The molecule has 0 aromatic carbocycles. The van der Waals surface area contributed by atoms with Crippen LogP contribution in [0.4, 0.5) is 0 Å². The summed E-state index contributed by atoms with van der Waals surface area (Å²) in [5, 5.41) is 19.8. The first-order valence-corrected chi connectivity index (χ1v) is 6.71. The van der Waals surface area contributed by atoms with Gasteiger partial charge in [-0.1, -0.05) is 19.8 Å². The Morgan fingerprint density at radius 3 is 2.94 bits per heavy atom. The van der Waals surface area contributed by atoms with Crippen LogP contribution in [0.3, 0.4) is 0 Å². The third-order valence-corrected chi connectivity index (χ3v) is 4.07. The fraction of sp³-hybridized carbons (Fsp3) is 0.615. The molecule has 3 unspecified atom stereocenters. The van der Waals surface area contributed by atoms with E-state index in [9.17, 15) is 10.4 Å². The van der Waals surface area contributed by atoms with Gasteiger partial charge in [0.2, 0.25) is 0 Å². The molecule has 1 aliphatic carbocycles. The maximum absolute atomic E-state index is 10.4. The molecule has 0 saturated heterocycles. The molecule has 17 heavy (non-hydrogen) atoms. The predicted molar refractivity (Wildman–Crippen MR) is 67.0 cm³/mol. The first-order valence-electron chi connectivity index (χ1n) is 5.92. The smallest absolute Gasteiger partial charge is 0.169 e. The molecule has 1 N–H and O–H groups in total. The minimum Gasteiger partial charge on any atom is -0.452 e. The largest absolute Gasteiger partial charge is 0.452 e. The zero-order valence-electron chi connectivity index (χ0n) is 9.82. The molecule has 3 nitrogen and oxygen atoms in total. The van der Waals surface area contributed by atoms with Crippen molar-refractivity contribution in [2.24, 2.45) is 11.3 Å². The molecular weight excluding hydrogens is 282 g/mol. The highest BCUT2D eigenvalue weighted by Gasteiger charge is 2.43. The number of hydrogen-bond donors (Lipinski definition) is 1. The summed E-state index contributed by atoms with van der Waals surface area (Å²) in [5.74, 6) is 0.962. The number of aliphatic hydroxyl groups excluding tert-OH is 1. The van der Waals surface area contributed by atoms with Crippen molar-refractivity contribution in [3.05, 3.63) is 22.6 Å². The van der Waals surface area contributed by atoms with Gasteiger partial charge < -0.3 is 9.52 Å². The highest BCUT2D eigenvalue weighted by Crippen LogP contribution is 2.47. The quantitative estimate of drug-likeness (QED) is 0.903. The van der Waals surface area contributed by atoms with Gasteiger partial charge in [0.25, 0.3) is 0 Å². The molecular formula is C13H16BrNO2. The van der Waals surface area contributed by atoms with Crippen molar-refractivity contribution in [3.63, 3.8) is 0 Å². The van der Waals surface area contributed by atoms with Crippen molar-refractivity contribution in [1.29, 1.82) is 5.26 Å². The molecule has 1 aromatic rings. The van der Waals surface area contributed by atoms with E-state index in [-0.39, 0.29) is 0 Å². The van der Waals surface area contributed by atoms with Crippen molar-refractivity contribution in [3.8, 4) is 6.07 Å². The van der Waals surface area contributed by atoms with E-state index in [1.165, 1.54) is 0 Å². The van der Waals surface area contributed by atoms with E-state index in [1.54, 1.807) is 12.1 Å². The predicted octanol–water partition coefficient (Wildman–Crippen LogP) is 3.80. The van der Waals surface area contributed by atoms with Crippen LogP contribution >= 0.6 is 15.9 Å². The Bertz CT molecular complexity index is 437. The summed E-state index contributed by atoms with van der Waals surface area (Å²) in [4.78, 5) is 0. The minimum atomic E-state index is -0.832. The first kappa shape index (κ1) is 12.7. The lowest BCUT2D eigenvalue weighted by molar-refractivity contribution is 0.00681. The number of furan rings is 1. The first-order chi connectivity index (χ1) is 8.07. The topological polar surface area (TPSA) is 57.2 Å². The number of nitrogens with zero attached hydrogens (tertiary/aromatic N) is 1. The fourth-order valence-corrected chi connectivity index (χ4v) is 3.07. The van der Waals surface area contributed by atoms with Crippen LogP contribution in [0, 0.1) is 22.7 Å². The van der Waals surface area contributed by atoms with Crippen molar-refractivity contribution in [2.45, 2.75) is 38.7 Å². The molecule has 1 saturated carbocycles. The molecule has 92 valence electrons. The van der Waals surface area contributed by atoms with E-state index in [2.05, 4.69) is 28.9 Å². The van der Waals surface area contributed by atoms with Gasteiger partial charge >= 0.3 is 0 Å². The average molecular weight is 298 g/mol. The highest BCUT2D eigenvalue weighted by molar-refractivity contribution is 9.10. The number of hydrogen-bond acceptors (Lipinski definition) is 3. The lowest BCUT2D eigenvalue weighted by Crippen LogP contribution is -2.32. The van der Waals surface area contributed by atoms with Crippen LogP contribution in [0.15, 0.2) is 21.2 Å².